The molecule has 0 spiro atoms. The van der Waals surface area contributed by atoms with Gasteiger partial charge in [0.25, 0.3) is 0 Å². The Morgan fingerprint density at radius 1 is 0.722 bits per heavy atom. The lowest BCUT2D eigenvalue weighted by Gasteiger charge is -2.10. The van der Waals surface area contributed by atoms with Crippen molar-refractivity contribution in [2.45, 2.75) is 0 Å². The number of nitriles is 1. The first-order valence-corrected chi connectivity index (χ1v) is 11.6. The number of benzene rings is 5. The second-order valence-electron chi connectivity index (χ2n) is 8.79. The molecule has 2 aromatic heterocycles. The molecule has 4 heteroatoms. The minimum Gasteiger partial charge on any atom is -0.455 e. The number of hydrogen-bond acceptors (Lipinski definition) is 2. The Balaban J connectivity index is 1.66. The summed E-state index contributed by atoms with van der Waals surface area (Å²) in [6, 6.07) is 36.6. The highest BCUT2D eigenvalue weighted by Gasteiger charge is 2.20. The minimum absolute atomic E-state index is 0.446. The van der Waals surface area contributed by atoms with Crippen molar-refractivity contribution in [3.63, 3.8) is 0 Å². The molecule has 0 saturated heterocycles. The summed E-state index contributed by atoms with van der Waals surface area (Å²) in [5.41, 5.74) is 7.50. The van der Waals surface area contributed by atoms with E-state index in [-0.39, 0.29) is 0 Å². The minimum atomic E-state index is 0.446. The average Bonchev–Trinajstić information content (AvgIpc) is 3.48. The van der Waals surface area contributed by atoms with Gasteiger partial charge >= 0.3 is 0 Å². The van der Waals surface area contributed by atoms with Gasteiger partial charge in [0.05, 0.1) is 40.3 Å². The Labute approximate surface area is 206 Å². The van der Waals surface area contributed by atoms with Gasteiger partial charge in [-0.25, -0.2) is 4.85 Å². The molecule has 0 radical (unpaired) electrons. The zero-order valence-electron chi connectivity index (χ0n) is 19.1. The van der Waals surface area contributed by atoms with Gasteiger partial charge in [0.2, 0.25) is 0 Å². The topological polar surface area (TPSA) is 46.2 Å². The first kappa shape index (κ1) is 20.1. The molecule has 0 N–H and O–H groups in total. The molecule has 0 aliphatic heterocycles. The molecule has 0 amide bonds. The molecule has 5 aromatic carbocycles. The molecule has 7 aromatic rings. The summed E-state index contributed by atoms with van der Waals surface area (Å²) in [5, 5.41) is 14.2. The van der Waals surface area contributed by atoms with E-state index in [0.717, 1.165) is 60.6 Å². The Hall–Kier alpha value is -5.32. The van der Waals surface area contributed by atoms with Gasteiger partial charge in [0.15, 0.2) is 5.69 Å². The van der Waals surface area contributed by atoms with E-state index in [4.69, 9.17) is 11.0 Å². The molecule has 0 bridgehead atoms. The lowest BCUT2D eigenvalue weighted by molar-refractivity contribution is 0.673. The third-order valence-electron chi connectivity index (χ3n) is 6.85. The van der Waals surface area contributed by atoms with Crippen LogP contribution in [0.4, 0.5) is 5.69 Å². The van der Waals surface area contributed by atoms with Gasteiger partial charge < -0.3 is 8.98 Å². The zero-order chi connectivity index (χ0) is 24.2. The highest BCUT2D eigenvalue weighted by atomic mass is 16.3. The number of para-hydroxylation sites is 1. The van der Waals surface area contributed by atoms with E-state index in [1.54, 1.807) is 12.1 Å². The van der Waals surface area contributed by atoms with E-state index in [0.29, 0.717) is 11.3 Å². The van der Waals surface area contributed by atoms with Crippen LogP contribution in [-0.2, 0) is 0 Å². The number of furan rings is 1. The summed E-state index contributed by atoms with van der Waals surface area (Å²) in [4.78, 5) is 3.51. The van der Waals surface area contributed by atoms with Crippen molar-refractivity contribution in [3.8, 4) is 22.9 Å². The summed E-state index contributed by atoms with van der Waals surface area (Å²) in [6.45, 7) is 7.37. The maximum Gasteiger partial charge on any atom is 0.188 e. The first-order chi connectivity index (χ1) is 17.8. The van der Waals surface area contributed by atoms with Crippen molar-refractivity contribution in [2.75, 3.05) is 0 Å². The molecule has 4 nitrogen and oxygen atoms in total. The number of aromatic nitrogens is 1. The van der Waals surface area contributed by atoms with Gasteiger partial charge in [0.1, 0.15) is 11.2 Å². The lowest BCUT2D eigenvalue weighted by Crippen LogP contribution is -1.97. The van der Waals surface area contributed by atoms with Gasteiger partial charge in [-0.15, -0.1) is 0 Å². The fourth-order valence-corrected chi connectivity index (χ4v) is 5.23. The summed E-state index contributed by atoms with van der Waals surface area (Å²) in [7, 11) is 0. The molecule has 2 heterocycles. The van der Waals surface area contributed by atoms with E-state index in [1.165, 1.54) is 0 Å². The van der Waals surface area contributed by atoms with Crippen molar-refractivity contribution in [1.82, 2.24) is 4.57 Å². The number of hydrogen-bond donors (Lipinski definition) is 0. The smallest absolute Gasteiger partial charge is 0.188 e. The first-order valence-electron chi connectivity index (χ1n) is 11.6. The largest absolute Gasteiger partial charge is 0.455 e. The fourth-order valence-electron chi connectivity index (χ4n) is 5.23. The van der Waals surface area contributed by atoms with Crippen LogP contribution >= 0.6 is 0 Å². The van der Waals surface area contributed by atoms with E-state index < -0.39 is 0 Å². The Bertz CT molecular complexity index is 2060. The second-order valence-corrected chi connectivity index (χ2v) is 8.79. The van der Waals surface area contributed by atoms with Crippen LogP contribution in [0.2, 0.25) is 0 Å². The Kier molecular flexibility index (Phi) is 4.24. The zero-order valence-corrected chi connectivity index (χ0v) is 19.1. The fraction of sp³-hybridized carbons (Fsp3) is 0. The van der Waals surface area contributed by atoms with E-state index in [1.807, 2.05) is 42.5 Å². The van der Waals surface area contributed by atoms with Crippen LogP contribution < -0.4 is 0 Å². The predicted octanol–water partition coefficient (Wildman–Crippen LogP) is 8.77. The Morgan fingerprint density at radius 3 is 2.36 bits per heavy atom. The van der Waals surface area contributed by atoms with Gasteiger partial charge in [-0.05, 0) is 53.6 Å². The number of nitrogens with zero attached hydrogens (tertiary/aromatic N) is 3. The van der Waals surface area contributed by atoms with Crippen LogP contribution in [0.3, 0.4) is 0 Å². The molecule has 166 valence electrons. The summed E-state index contributed by atoms with van der Waals surface area (Å²) < 4.78 is 8.55. The third kappa shape index (κ3) is 2.79. The van der Waals surface area contributed by atoms with Gasteiger partial charge in [0, 0.05) is 16.2 Å². The quantitative estimate of drug-likeness (QED) is 0.243. The van der Waals surface area contributed by atoms with Crippen molar-refractivity contribution in [3.05, 3.63) is 120 Å². The highest BCUT2D eigenvalue weighted by Crippen LogP contribution is 2.42. The van der Waals surface area contributed by atoms with Crippen LogP contribution in [-0.4, -0.2) is 4.57 Å². The molecule has 0 aliphatic carbocycles. The molecular formula is C32H17N3O. The normalized spacial score (nSPS) is 11.3. The van der Waals surface area contributed by atoms with Gasteiger partial charge in [-0.1, -0.05) is 60.7 Å². The standard InChI is InChI=1S/C32H17N3O/c1-34-23-12-15-27(22(17-23)19-33)35-28-14-11-21(20-7-3-2-4-8-20)18-26(28)31-29(35)16-13-25-24-9-5-6-10-30(24)36-32(25)31/h2-18H. The summed E-state index contributed by atoms with van der Waals surface area (Å²) in [5.74, 6) is 0. The van der Waals surface area contributed by atoms with Crippen LogP contribution in [0.5, 0.6) is 0 Å². The molecular weight excluding hydrogens is 442 g/mol. The van der Waals surface area contributed by atoms with E-state index in [9.17, 15) is 5.26 Å². The average molecular weight is 460 g/mol. The third-order valence-corrected chi connectivity index (χ3v) is 6.85. The SMILES string of the molecule is [C-]#[N+]c1ccc(-n2c3ccc(-c4ccccc4)cc3c3c4oc5ccccc5c4ccc32)c(C#N)c1. The van der Waals surface area contributed by atoms with Crippen molar-refractivity contribution >= 4 is 49.4 Å². The summed E-state index contributed by atoms with van der Waals surface area (Å²) >= 11 is 0. The molecule has 0 fully saturated rings. The van der Waals surface area contributed by atoms with Crippen LogP contribution in [0.15, 0.2) is 108 Å². The monoisotopic (exact) mass is 459 g/mol. The maximum atomic E-state index is 9.96. The van der Waals surface area contributed by atoms with Crippen LogP contribution in [0, 0.1) is 17.9 Å². The maximum absolute atomic E-state index is 9.96. The molecule has 7 rings (SSSR count). The molecule has 0 unspecified atom stereocenters. The van der Waals surface area contributed by atoms with Gasteiger partial charge in [-0.3, -0.25) is 0 Å². The molecule has 36 heavy (non-hydrogen) atoms. The second kappa shape index (κ2) is 7.60. The van der Waals surface area contributed by atoms with Gasteiger partial charge in [-0.2, -0.15) is 5.26 Å². The van der Waals surface area contributed by atoms with Crippen molar-refractivity contribution < 1.29 is 4.42 Å². The van der Waals surface area contributed by atoms with Crippen molar-refractivity contribution in [2.24, 2.45) is 0 Å². The van der Waals surface area contributed by atoms with E-state index >= 15 is 0 Å². The molecule has 0 atom stereocenters. The predicted molar refractivity (Wildman–Crippen MR) is 144 cm³/mol. The number of rotatable bonds is 2. The van der Waals surface area contributed by atoms with E-state index in [2.05, 4.69) is 64.0 Å². The van der Waals surface area contributed by atoms with Crippen molar-refractivity contribution in [1.29, 1.82) is 5.26 Å². The lowest BCUT2D eigenvalue weighted by atomic mass is 10.0. The highest BCUT2D eigenvalue weighted by molar-refractivity contribution is 6.24. The van der Waals surface area contributed by atoms with Crippen LogP contribution in [0.25, 0.3) is 65.4 Å². The summed E-state index contributed by atoms with van der Waals surface area (Å²) in [6.07, 6.45) is 0. The Morgan fingerprint density at radius 2 is 1.53 bits per heavy atom. The molecule has 0 aliphatic rings. The molecule has 0 saturated carbocycles. The van der Waals surface area contributed by atoms with Crippen LogP contribution in [0.1, 0.15) is 5.56 Å². The number of fused-ring (bicyclic) bond motifs is 7.